The van der Waals surface area contributed by atoms with Crippen LogP contribution in [0.3, 0.4) is 0 Å². The van der Waals surface area contributed by atoms with Crippen LogP contribution in [0.4, 0.5) is 5.82 Å². The summed E-state index contributed by atoms with van der Waals surface area (Å²) < 4.78 is 0. The second kappa shape index (κ2) is 8.67. The smallest absolute Gasteiger partial charge is 0.232 e. The fraction of sp³-hybridized carbons (Fsp3) is 0.316. The van der Waals surface area contributed by atoms with Crippen LogP contribution in [0.1, 0.15) is 12.8 Å². The van der Waals surface area contributed by atoms with Gasteiger partial charge in [0.05, 0.1) is 5.75 Å². The van der Waals surface area contributed by atoms with Gasteiger partial charge in [-0.1, -0.05) is 24.3 Å². The van der Waals surface area contributed by atoms with E-state index >= 15 is 0 Å². The number of hydrogen-bond donors (Lipinski definition) is 1. The molecule has 1 N–H and O–H groups in total. The first-order chi connectivity index (χ1) is 12.2. The fourth-order valence-corrected chi connectivity index (χ4v) is 3.63. The van der Waals surface area contributed by atoms with Gasteiger partial charge < -0.3 is 10.2 Å². The van der Waals surface area contributed by atoms with Crippen molar-refractivity contribution in [1.29, 1.82) is 0 Å². The highest BCUT2D eigenvalue weighted by molar-refractivity contribution is 8.00. The van der Waals surface area contributed by atoms with Gasteiger partial charge in [-0.15, -0.1) is 11.8 Å². The Hall–Kier alpha value is -2.34. The average molecular weight is 355 g/mol. The maximum absolute atomic E-state index is 12.3. The molecule has 1 aliphatic rings. The summed E-state index contributed by atoms with van der Waals surface area (Å²) in [5.74, 6) is 1.08. The van der Waals surface area contributed by atoms with Crippen molar-refractivity contribution in [3.8, 4) is 0 Å². The molecule has 0 aliphatic carbocycles. The minimum absolute atomic E-state index is 0.00976. The number of likely N-dealkylation sites (tertiary alicyclic amines) is 1. The molecule has 5 nitrogen and oxygen atoms in total. The largest absolute Gasteiger partial charge is 0.342 e. The SMILES string of the molecule is O=C(Nc1ccccn1)C1CCN(C(=O)CSc2ccccc2)CC1. The van der Waals surface area contributed by atoms with E-state index in [0.717, 1.165) is 4.90 Å². The number of rotatable bonds is 5. The van der Waals surface area contributed by atoms with Crippen LogP contribution in [0.25, 0.3) is 0 Å². The first-order valence-corrected chi connectivity index (χ1v) is 9.38. The Balaban J connectivity index is 1.43. The number of nitrogens with one attached hydrogen (secondary N) is 1. The normalized spacial score (nSPS) is 15.0. The number of thioether (sulfide) groups is 1. The third-order valence-electron chi connectivity index (χ3n) is 4.24. The van der Waals surface area contributed by atoms with Crippen molar-refractivity contribution >= 4 is 29.4 Å². The minimum atomic E-state index is -0.0622. The summed E-state index contributed by atoms with van der Waals surface area (Å²) in [6, 6.07) is 15.3. The number of aromatic nitrogens is 1. The summed E-state index contributed by atoms with van der Waals surface area (Å²) in [5, 5.41) is 2.84. The van der Waals surface area contributed by atoms with Crippen LogP contribution in [-0.2, 0) is 9.59 Å². The molecule has 0 spiro atoms. The minimum Gasteiger partial charge on any atom is -0.342 e. The molecule has 3 rings (SSSR count). The van der Waals surface area contributed by atoms with Gasteiger partial charge in [0, 0.05) is 30.1 Å². The first kappa shape index (κ1) is 17.5. The zero-order valence-electron chi connectivity index (χ0n) is 13.9. The van der Waals surface area contributed by atoms with E-state index in [1.807, 2.05) is 47.4 Å². The Morgan fingerprint density at radius 3 is 2.48 bits per heavy atom. The maximum atomic E-state index is 12.3. The second-order valence-electron chi connectivity index (χ2n) is 5.96. The lowest BCUT2D eigenvalue weighted by Crippen LogP contribution is -2.42. The number of carbonyl (C=O) groups excluding carboxylic acids is 2. The van der Waals surface area contributed by atoms with Gasteiger partial charge >= 0.3 is 0 Å². The van der Waals surface area contributed by atoms with Crippen LogP contribution < -0.4 is 5.32 Å². The zero-order chi connectivity index (χ0) is 17.5. The molecule has 130 valence electrons. The summed E-state index contributed by atoms with van der Waals surface area (Å²) in [7, 11) is 0. The average Bonchev–Trinajstić information content (AvgIpc) is 2.68. The number of amides is 2. The number of hydrogen-bond acceptors (Lipinski definition) is 4. The van der Waals surface area contributed by atoms with E-state index in [-0.39, 0.29) is 17.7 Å². The topological polar surface area (TPSA) is 62.3 Å². The van der Waals surface area contributed by atoms with Gasteiger partial charge in [-0.05, 0) is 37.1 Å². The van der Waals surface area contributed by atoms with E-state index in [4.69, 9.17) is 0 Å². The molecule has 0 unspecified atom stereocenters. The summed E-state index contributed by atoms with van der Waals surface area (Å²) in [6.45, 7) is 1.27. The van der Waals surface area contributed by atoms with Crippen molar-refractivity contribution in [3.63, 3.8) is 0 Å². The van der Waals surface area contributed by atoms with Gasteiger partial charge in [0.25, 0.3) is 0 Å². The molecular weight excluding hydrogens is 334 g/mol. The molecule has 1 aromatic carbocycles. The summed E-state index contributed by atoms with van der Waals surface area (Å²) in [5.41, 5.74) is 0. The molecule has 1 aromatic heterocycles. The number of pyridine rings is 1. The Labute approximate surface area is 151 Å². The quantitative estimate of drug-likeness (QED) is 0.838. The second-order valence-corrected chi connectivity index (χ2v) is 7.01. The predicted molar refractivity (Wildman–Crippen MR) is 99.3 cm³/mol. The number of piperidine rings is 1. The fourth-order valence-electron chi connectivity index (χ4n) is 2.81. The third-order valence-corrected chi connectivity index (χ3v) is 5.24. The van der Waals surface area contributed by atoms with E-state index in [9.17, 15) is 9.59 Å². The highest BCUT2D eigenvalue weighted by Crippen LogP contribution is 2.22. The van der Waals surface area contributed by atoms with Crippen molar-refractivity contribution in [2.75, 3.05) is 24.2 Å². The van der Waals surface area contributed by atoms with Crippen molar-refractivity contribution in [1.82, 2.24) is 9.88 Å². The van der Waals surface area contributed by atoms with Crippen LogP contribution >= 0.6 is 11.8 Å². The molecule has 6 heteroatoms. The number of benzene rings is 1. The third kappa shape index (κ3) is 5.06. The van der Waals surface area contributed by atoms with Gasteiger partial charge in [0.15, 0.2) is 0 Å². The monoisotopic (exact) mass is 355 g/mol. The molecule has 0 bridgehead atoms. The van der Waals surface area contributed by atoms with Crippen LogP contribution in [0, 0.1) is 5.92 Å². The van der Waals surface area contributed by atoms with Gasteiger partial charge in [0.1, 0.15) is 5.82 Å². The molecule has 0 atom stereocenters. The molecule has 0 radical (unpaired) electrons. The van der Waals surface area contributed by atoms with E-state index in [0.29, 0.717) is 37.5 Å². The number of carbonyl (C=O) groups is 2. The summed E-state index contributed by atoms with van der Waals surface area (Å²) >= 11 is 1.55. The van der Waals surface area contributed by atoms with Gasteiger partial charge in [0.2, 0.25) is 11.8 Å². The Morgan fingerprint density at radius 2 is 1.80 bits per heavy atom. The molecular formula is C19H21N3O2S. The Bertz CT molecular complexity index is 701. The predicted octanol–water partition coefficient (Wildman–Crippen LogP) is 3.05. The number of nitrogens with zero attached hydrogens (tertiary/aromatic N) is 2. The van der Waals surface area contributed by atoms with E-state index in [1.165, 1.54) is 0 Å². The van der Waals surface area contributed by atoms with E-state index in [2.05, 4.69) is 10.3 Å². The van der Waals surface area contributed by atoms with E-state index < -0.39 is 0 Å². The van der Waals surface area contributed by atoms with Crippen molar-refractivity contribution in [2.45, 2.75) is 17.7 Å². The Kier molecular flexibility index (Phi) is 6.06. The summed E-state index contributed by atoms with van der Waals surface area (Å²) in [6.07, 6.45) is 3.04. The molecule has 25 heavy (non-hydrogen) atoms. The van der Waals surface area contributed by atoms with Crippen molar-refractivity contribution in [2.24, 2.45) is 5.92 Å². The molecule has 1 fully saturated rings. The van der Waals surface area contributed by atoms with E-state index in [1.54, 1.807) is 24.0 Å². The van der Waals surface area contributed by atoms with Crippen LogP contribution in [0.5, 0.6) is 0 Å². The molecule has 1 aliphatic heterocycles. The van der Waals surface area contributed by atoms with Crippen LogP contribution in [-0.4, -0.2) is 40.5 Å². The lowest BCUT2D eigenvalue weighted by Gasteiger charge is -2.31. The maximum Gasteiger partial charge on any atom is 0.232 e. The van der Waals surface area contributed by atoms with Crippen LogP contribution in [0.2, 0.25) is 0 Å². The number of anilines is 1. The highest BCUT2D eigenvalue weighted by Gasteiger charge is 2.27. The van der Waals surface area contributed by atoms with Gasteiger partial charge in [-0.2, -0.15) is 0 Å². The zero-order valence-corrected chi connectivity index (χ0v) is 14.7. The molecule has 2 amide bonds. The first-order valence-electron chi connectivity index (χ1n) is 8.40. The standard InChI is InChI=1S/C19H21N3O2S/c23-18(14-25-16-6-2-1-3-7-16)22-12-9-15(10-13-22)19(24)21-17-8-4-5-11-20-17/h1-8,11,15H,9-10,12-14H2,(H,20,21,24). The van der Waals surface area contributed by atoms with Crippen molar-refractivity contribution < 1.29 is 9.59 Å². The molecule has 0 saturated carbocycles. The molecule has 1 saturated heterocycles. The van der Waals surface area contributed by atoms with Gasteiger partial charge in [-0.3, -0.25) is 9.59 Å². The summed E-state index contributed by atoms with van der Waals surface area (Å²) in [4.78, 5) is 31.7. The Morgan fingerprint density at radius 1 is 1.08 bits per heavy atom. The molecule has 2 heterocycles. The van der Waals surface area contributed by atoms with Gasteiger partial charge in [-0.25, -0.2) is 4.98 Å². The highest BCUT2D eigenvalue weighted by atomic mass is 32.2. The van der Waals surface area contributed by atoms with Crippen LogP contribution in [0.15, 0.2) is 59.6 Å². The van der Waals surface area contributed by atoms with Crippen molar-refractivity contribution in [3.05, 3.63) is 54.7 Å². The molecule has 2 aromatic rings. The lowest BCUT2D eigenvalue weighted by molar-refractivity contribution is -0.132. The lowest BCUT2D eigenvalue weighted by atomic mass is 9.96.